The normalized spacial score (nSPS) is 10.8. The van der Waals surface area contributed by atoms with Gasteiger partial charge in [-0.25, -0.2) is 0 Å². The topological polar surface area (TPSA) is 57.8 Å². The summed E-state index contributed by atoms with van der Waals surface area (Å²) in [6.45, 7) is 0. The van der Waals surface area contributed by atoms with Gasteiger partial charge in [0.05, 0.1) is 0 Å². The molecule has 0 radical (unpaired) electrons. The Labute approximate surface area is 111 Å². The molecular formula is C15H13N3O. The van der Waals surface area contributed by atoms with Crippen LogP contribution in [0.25, 0.3) is 11.8 Å². The van der Waals surface area contributed by atoms with Crippen molar-refractivity contribution in [3.8, 4) is 11.8 Å². The van der Waals surface area contributed by atoms with Crippen molar-refractivity contribution < 1.29 is 4.79 Å². The average molecular weight is 251 g/mol. The Morgan fingerprint density at radius 1 is 1.32 bits per heavy atom. The number of carbonyl (C=O) groups excluding carboxylic acids is 1. The zero-order valence-electron chi connectivity index (χ0n) is 10.5. The van der Waals surface area contributed by atoms with Crippen LogP contribution in [0.1, 0.15) is 5.56 Å². The molecule has 0 aliphatic heterocycles. The number of hydrogen-bond donors (Lipinski definition) is 1. The Morgan fingerprint density at radius 3 is 2.68 bits per heavy atom. The summed E-state index contributed by atoms with van der Waals surface area (Å²) >= 11 is 0. The van der Waals surface area contributed by atoms with Gasteiger partial charge in [0.2, 0.25) is 0 Å². The molecule has 0 saturated carbocycles. The largest absolute Gasteiger partial charge is 0.354 e. The lowest BCUT2D eigenvalue weighted by molar-refractivity contribution is -0.116. The van der Waals surface area contributed by atoms with Crippen molar-refractivity contribution in [1.29, 1.82) is 5.26 Å². The Bertz CT molecular complexity index is 648. The SMILES string of the molecule is CNC(=O)/C(C#N)=C/c1ccn(-c2ccccc2)c1. The summed E-state index contributed by atoms with van der Waals surface area (Å²) in [5.74, 6) is -0.380. The second kappa shape index (κ2) is 5.69. The molecule has 4 heteroatoms. The molecule has 19 heavy (non-hydrogen) atoms. The highest BCUT2D eigenvalue weighted by atomic mass is 16.1. The van der Waals surface area contributed by atoms with Crippen molar-refractivity contribution >= 4 is 12.0 Å². The van der Waals surface area contributed by atoms with E-state index in [2.05, 4.69) is 5.32 Å². The van der Waals surface area contributed by atoms with Crippen molar-refractivity contribution in [2.45, 2.75) is 0 Å². The lowest BCUT2D eigenvalue weighted by Crippen LogP contribution is -2.19. The second-order valence-corrected chi connectivity index (χ2v) is 3.94. The predicted octanol–water partition coefficient (Wildman–Crippen LogP) is 2.13. The lowest BCUT2D eigenvalue weighted by Gasteiger charge is -2.00. The molecule has 0 unspecified atom stereocenters. The standard InChI is InChI=1S/C15H13N3O/c1-17-15(19)13(10-16)9-12-7-8-18(11-12)14-5-3-2-4-6-14/h2-9,11H,1H3,(H,17,19)/b13-9+. The number of likely N-dealkylation sites (N-methyl/N-ethyl adjacent to an activating group) is 1. The van der Waals surface area contributed by atoms with Gasteiger partial charge >= 0.3 is 0 Å². The third-order valence-electron chi connectivity index (χ3n) is 2.67. The summed E-state index contributed by atoms with van der Waals surface area (Å²) in [5.41, 5.74) is 1.93. The molecule has 0 spiro atoms. The van der Waals surface area contributed by atoms with Gasteiger partial charge in [0.25, 0.3) is 5.91 Å². The van der Waals surface area contributed by atoms with Crippen LogP contribution in [0.15, 0.2) is 54.4 Å². The summed E-state index contributed by atoms with van der Waals surface area (Å²) in [7, 11) is 1.50. The first-order valence-corrected chi connectivity index (χ1v) is 5.82. The van der Waals surface area contributed by atoms with Gasteiger partial charge in [-0.2, -0.15) is 5.26 Å². The molecule has 0 aliphatic rings. The number of nitriles is 1. The van der Waals surface area contributed by atoms with Crippen LogP contribution in [0, 0.1) is 11.3 Å². The summed E-state index contributed by atoms with van der Waals surface area (Å²) in [4.78, 5) is 11.4. The van der Waals surface area contributed by atoms with Crippen LogP contribution < -0.4 is 5.32 Å². The molecule has 1 amide bonds. The fourth-order valence-electron chi connectivity index (χ4n) is 1.71. The first-order chi connectivity index (χ1) is 9.24. The number of aromatic nitrogens is 1. The molecule has 0 fully saturated rings. The van der Waals surface area contributed by atoms with Crippen LogP contribution in [-0.2, 0) is 4.79 Å². The fourth-order valence-corrected chi connectivity index (χ4v) is 1.71. The van der Waals surface area contributed by atoms with E-state index in [1.54, 1.807) is 6.08 Å². The van der Waals surface area contributed by atoms with Gasteiger partial charge in [-0.1, -0.05) is 18.2 Å². The number of amides is 1. The second-order valence-electron chi connectivity index (χ2n) is 3.94. The van der Waals surface area contributed by atoms with Gasteiger partial charge < -0.3 is 9.88 Å². The third kappa shape index (κ3) is 2.90. The zero-order valence-corrected chi connectivity index (χ0v) is 10.5. The molecule has 0 bridgehead atoms. The zero-order chi connectivity index (χ0) is 13.7. The maximum absolute atomic E-state index is 11.4. The number of nitrogens with one attached hydrogen (secondary N) is 1. The van der Waals surface area contributed by atoms with Gasteiger partial charge in [-0.3, -0.25) is 4.79 Å². The lowest BCUT2D eigenvalue weighted by atomic mass is 10.2. The van der Waals surface area contributed by atoms with Crippen LogP contribution >= 0.6 is 0 Å². The molecule has 2 aromatic rings. The molecule has 0 aliphatic carbocycles. The summed E-state index contributed by atoms with van der Waals surface area (Å²) in [5, 5.41) is 11.4. The van der Waals surface area contributed by atoms with Crippen LogP contribution in [-0.4, -0.2) is 17.5 Å². The smallest absolute Gasteiger partial charge is 0.261 e. The third-order valence-corrected chi connectivity index (χ3v) is 2.67. The highest BCUT2D eigenvalue weighted by molar-refractivity contribution is 6.01. The van der Waals surface area contributed by atoms with E-state index in [0.29, 0.717) is 0 Å². The average Bonchev–Trinajstić information content (AvgIpc) is 2.93. The molecule has 4 nitrogen and oxygen atoms in total. The van der Waals surface area contributed by atoms with Crippen LogP contribution in [0.4, 0.5) is 0 Å². The maximum atomic E-state index is 11.4. The van der Waals surface area contributed by atoms with Crippen LogP contribution in [0.5, 0.6) is 0 Å². The van der Waals surface area contributed by atoms with E-state index in [1.165, 1.54) is 7.05 Å². The quantitative estimate of drug-likeness (QED) is 0.671. The van der Waals surface area contributed by atoms with Gasteiger partial charge in [0.15, 0.2) is 0 Å². The monoisotopic (exact) mass is 251 g/mol. The van der Waals surface area contributed by atoms with E-state index in [9.17, 15) is 4.79 Å². The van der Waals surface area contributed by atoms with E-state index in [-0.39, 0.29) is 11.5 Å². The van der Waals surface area contributed by atoms with Crippen molar-refractivity contribution in [1.82, 2.24) is 9.88 Å². The highest BCUT2D eigenvalue weighted by Crippen LogP contribution is 2.13. The molecule has 1 aromatic carbocycles. The molecule has 0 saturated heterocycles. The minimum Gasteiger partial charge on any atom is -0.354 e. The number of nitrogens with zero attached hydrogens (tertiary/aromatic N) is 2. The van der Waals surface area contributed by atoms with Crippen molar-refractivity contribution in [3.05, 3.63) is 59.9 Å². The van der Waals surface area contributed by atoms with E-state index < -0.39 is 0 Å². The molecule has 1 heterocycles. The van der Waals surface area contributed by atoms with Crippen molar-refractivity contribution in [3.63, 3.8) is 0 Å². The molecule has 1 N–H and O–H groups in total. The van der Waals surface area contributed by atoms with Crippen LogP contribution in [0.2, 0.25) is 0 Å². The Kier molecular flexibility index (Phi) is 3.79. The molecule has 0 atom stereocenters. The van der Waals surface area contributed by atoms with E-state index in [1.807, 2.05) is 59.4 Å². The van der Waals surface area contributed by atoms with E-state index in [0.717, 1.165) is 11.3 Å². The Hall–Kier alpha value is -2.80. The number of benzene rings is 1. The van der Waals surface area contributed by atoms with E-state index in [4.69, 9.17) is 5.26 Å². The van der Waals surface area contributed by atoms with Crippen molar-refractivity contribution in [2.24, 2.45) is 0 Å². The predicted molar refractivity (Wildman–Crippen MR) is 73.4 cm³/mol. The number of para-hydroxylation sites is 1. The minimum absolute atomic E-state index is 0.0910. The van der Waals surface area contributed by atoms with Gasteiger partial charge in [0, 0.05) is 25.1 Å². The Morgan fingerprint density at radius 2 is 2.05 bits per heavy atom. The minimum atomic E-state index is -0.380. The number of hydrogen-bond acceptors (Lipinski definition) is 2. The maximum Gasteiger partial charge on any atom is 0.261 e. The summed E-state index contributed by atoms with van der Waals surface area (Å²) < 4.78 is 1.94. The Balaban J connectivity index is 2.30. The summed E-state index contributed by atoms with van der Waals surface area (Å²) in [6.07, 6.45) is 5.33. The molecular weight excluding hydrogens is 238 g/mol. The van der Waals surface area contributed by atoms with E-state index >= 15 is 0 Å². The molecule has 2 rings (SSSR count). The summed E-state index contributed by atoms with van der Waals surface area (Å²) in [6, 6.07) is 13.6. The van der Waals surface area contributed by atoms with Gasteiger partial charge in [-0.05, 0) is 29.8 Å². The van der Waals surface area contributed by atoms with Crippen molar-refractivity contribution in [2.75, 3.05) is 7.05 Å². The fraction of sp³-hybridized carbons (Fsp3) is 0.0667. The van der Waals surface area contributed by atoms with Gasteiger partial charge in [0.1, 0.15) is 11.6 Å². The molecule has 1 aromatic heterocycles. The number of rotatable bonds is 3. The molecule has 94 valence electrons. The number of carbonyl (C=O) groups is 1. The highest BCUT2D eigenvalue weighted by Gasteiger charge is 2.06. The van der Waals surface area contributed by atoms with Gasteiger partial charge in [-0.15, -0.1) is 0 Å². The first kappa shape index (κ1) is 12.7. The first-order valence-electron chi connectivity index (χ1n) is 5.82. The van der Waals surface area contributed by atoms with Crippen LogP contribution in [0.3, 0.4) is 0 Å².